The number of aromatic nitrogens is 8. The number of hydrogen-bond acceptors (Lipinski definition) is 6. The number of halogens is 3. The highest BCUT2D eigenvalue weighted by Crippen LogP contribution is 2.60. The first-order valence-electron chi connectivity index (χ1n) is 12.9. The van der Waals surface area contributed by atoms with Gasteiger partial charge in [0, 0.05) is 46.3 Å². The van der Waals surface area contributed by atoms with Crippen molar-refractivity contribution in [2.75, 3.05) is 5.73 Å². The minimum Gasteiger partial charge on any atom is -0.382 e. The number of imidazole rings is 1. The fraction of sp³-hybridized carbons (Fsp3) is 0.179. The molecule has 1 fully saturated rings. The van der Waals surface area contributed by atoms with Crippen LogP contribution in [-0.4, -0.2) is 39.3 Å². The van der Waals surface area contributed by atoms with Crippen LogP contribution >= 0.6 is 23.2 Å². The summed E-state index contributed by atoms with van der Waals surface area (Å²) in [5.41, 5.74) is 10.4. The lowest BCUT2D eigenvalue weighted by Gasteiger charge is -2.17. The van der Waals surface area contributed by atoms with Crippen molar-refractivity contribution in [3.8, 4) is 28.1 Å². The standard InChI is InChI=1S/C28H20Cl2FN9O/c1-38-20-6-12(2-4-15(20)27(32)36-38)24-26(31)34-28(33-24)25-18-10-17(18)21-7-13(8-23(41)40(21)25)16-9-14(29)3-5-19(16)39-11-22(30)35-37-39/h2-9,11,17-18,25H,10H2,1H3,(H2,32,36)(H,33,34). The Morgan fingerprint density at radius 1 is 1.10 bits per heavy atom. The van der Waals surface area contributed by atoms with Crippen molar-refractivity contribution in [2.45, 2.75) is 18.4 Å². The van der Waals surface area contributed by atoms with Gasteiger partial charge in [0.1, 0.15) is 11.5 Å². The molecule has 3 unspecified atom stereocenters. The molecule has 3 N–H and O–H groups in total. The molecule has 0 bridgehead atoms. The summed E-state index contributed by atoms with van der Waals surface area (Å²) in [6, 6.07) is 13.9. The largest absolute Gasteiger partial charge is 0.382 e. The summed E-state index contributed by atoms with van der Waals surface area (Å²) < 4.78 is 20.2. The minimum atomic E-state index is -0.625. The van der Waals surface area contributed by atoms with Crippen LogP contribution in [0, 0.1) is 11.9 Å². The molecule has 1 aliphatic carbocycles. The van der Waals surface area contributed by atoms with Crippen LogP contribution in [0.4, 0.5) is 10.2 Å². The Bertz CT molecular complexity index is 2110. The Morgan fingerprint density at radius 3 is 2.76 bits per heavy atom. The lowest BCUT2D eigenvalue weighted by molar-refractivity contribution is 0.504. The molecule has 5 heterocycles. The first-order chi connectivity index (χ1) is 19.8. The Kier molecular flexibility index (Phi) is 5.05. The normalized spacial score (nSPS) is 19.1. The van der Waals surface area contributed by atoms with E-state index in [1.54, 1.807) is 57.5 Å². The molecule has 13 heteroatoms. The number of anilines is 1. The summed E-state index contributed by atoms with van der Waals surface area (Å²) in [7, 11) is 1.79. The van der Waals surface area contributed by atoms with Gasteiger partial charge in [-0.25, -0.2) is 9.67 Å². The first-order valence-corrected chi connectivity index (χ1v) is 13.6. The Hall–Kier alpha value is -4.48. The van der Waals surface area contributed by atoms with Gasteiger partial charge in [-0.3, -0.25) is 9.48 Å². The van der Waals surface area contributed by atoms with E-state index in [-0.39, 0.29) is 28.2 Å². The van der Waals surface area contributed by atoms with Crippen molar-refractivity contribution in [1.29, 1.82) is 0 Å². The van der Waals surface area contributed by atoms with Crippen molar-refractivity contribution in [1.82, 2.24) is 39.3 Å². The molecule has 0 amide bonds. The molecular weight excluding hydrogens is 568 g/mol. The molecule has 8 rings (SSSR count). The van der Waals surface area contributed by atoms with Gasteiger partial charge >= 0.3 is 0 Å². The van der Waals surface area contributed by atoms with Crippen LogP contribution in [0.3, 0.4) is 0 Å². The second kappa shape index (κ2) is 8.51. The summed E-state index contributed by atoms with van der Waals surface area (Å²) in [5, 5.41) is 13.7. The highest BCUT2D eigenvalue weighted by atomic mass is 35.5. The van der Waals surface area contributed by atoms with Gasteiger partial charge in [0.25, 0.3) is 5.56 Å². The maximum absolute atomic E-state index is 15.3. The molecule has 2 aromatic carbocycles. The number of nitrogen functional groups attached to an aromatic ring is 1. The lowest BCUT2D eigenvalue weighted by atomic mass is 10.0. The van der Waals surface area contributed by atoms with Gasteiger partial charge in [-0.1, -0.05) is 34.5 Å². The molecule has 0 radical (unpaired) electrons. The van der Waals surface area contributed by atoms with Crippen LogP contribution in [-0.2, 0) is 7.05 Å². The van der Waals surface area contributed by atoms with Crippen LogP contribution < -0.4 is 11.3 Å². The molecule has 1 saturated carbocycles. The zero-order valence-corrected chi connectivity index (χ0v) is 22.9. The molecule has 3 atom stereocenters. The van der Waals surface area contributed by atoms with Crippen LogP contribution in [0.25, 0.3) is 39.0 Å². The van der Waals surface area contributed by atoms with E-state index >= 15 is 4.39 Å². The number of pyridine rings is 1. The first kappa shape index (κ1) is 24.3. The monoisotopic (exact) mass is 587 g/mol. The van der Waals surface area contributed by atoms with Gasteiger partial charge in [0.05, 0.1) is 23.4 Å². The third-order valence-corrected chi connectivity index (χ3v) is 8.52. The van der Waals surface area contributed by atoms with Gasteiger partial charge in [0.15, 0.2) is 11.0 Å². The van der Waals surface area contributed by atoms with Crippen LogP contribution in [0.1, 0.15) is 29.9 Å². The zero-order valence-electron chi connectivity index (χ0n) is 21.4. The van der Waals surface area contributed by atoms with Crippen molar-refractivity contribution < 1.29 is 4.39 Å². The Morgan fingerprint density at radius 2 is 1.95 bits per heavy atom. The molecule has 1 aliphatic heterocycles. The van der Waals surface area contributed by atoms with Crippen LogP contribution in [0.2, 0.25) is 10.2 Å². The Balaban J connectivity index is 1.21. The molecule has 2 aliphatic rings. The van der Waals surface area contributed by atoms with Gasteiger partial charge in [0.2, 0.25) is 5.95 Å². The predicted molar refractivity (Wildman–Crippen MR) is 153 cm³/mol. The van der Waals surface area contributed by atoms with E-state index < -0.39 is 12.0 Å². The van der Waals surface area contributed by atoms with Gasteiger partial charge in [-0.15, -0.1) is 5.10 Å². The summed E-state index contributed by atoms with van der Waals surface area (Å²) in [6.45, 7) is 0. The number of rotatable bonds is 4. The van der Waals surface area contributed by atoms with Crippen molar-refractivity contribution in [3.05, 3.63) is 92.7 Å². The molecule has 4 aromatic heterocycles. The highest BCUT2D eigenvalue weighted by molar-refractivity contribution is 6.31. The Labute approximate surface area is 241 Å². The molecular formula is C28H20Cl2FN9O. The summed E-state index contributed by atoms with van der Waals surface area (Å²) in [4.78, 5) is 21.1. The van der Waals surface area contributed by atoms with E-state index in [4.69, 9.17) is 28.9 Å². The van der Waals surface area contributed by atoms with E-state index in [1.165, 1.54) is 0 Å². The number of hydrogen-bond donors (Lipinski definition) is 2. The maximum atomic E-state index is 15.3. The summed E-state index contributed by atoms with van der Waals surface area (Å²) in [5.74, 6) is 0.518. The van der Waals surface area contributed by atoms with E-state index in [0.29, 0.717) is 33.5 Å². The average molecular weight is 588 g/mol. The number of aromatic amines is 1. The molecule has 6 aromatic rings. The highest BCUT2D eigenvalue weighted by Gasteiger charge is 2.54. The summed E-state index contributed by atoms with van der Waals surface area (Å²) in [6.07, 6.45) is 2.47. The van der Waals surface area contributed by atoms with Crippen LogP contribution in [0.15, 0.2) is 59.5 Å². The number of fused-ring (bicyclic) bond motifs is 4. The van der Waals surface area contributed by atoms with E-state index in [0.717, 1.165) is 28.6 Å². The molecule has 0 saturated heterocycles. The second-order valence-electron chi connectivity index (χ2n) is 10.5. The minimum absolute atomic E-state index is 0.142. The SMILES string of the molecule is Cn1nc(N)c2ccc(-c3[nH]c(C4C5CC5c5cc(-c6cc(Cl)ccc6-n6cc(Cl)nn6)cc(=O)n54)nc3F)cc21. The number of benzene rings is 2. The number of nitrogens with one attached hydrogen (secondary N) is 1. The molecule has 204 valence electrons. The molecule has 41 heavy (non-hydrogen) atoms. The number of aryl methyl sites for hydroxylation is 1. The number of nitrogens with zero attached hydrogens (tertiary/aromatic N) is 7. The van der Waals surface area contributed by atoms with Gasteiger partial charge in [-0.05, 0) is 54.3 Å². The number of nitrogens with two attached hydrogens (primary N) is 1. The lowest BCUT2D eigenvalue weighted by Crippen LogP contribution is -2.26. The van der Waals surface area contributed by atoms with Crippen molar-refractivity contribution in [3.63, 3.8) is 0 Å². The topological polar surface area (TPSA) is 125 Å². The quantitative estimate of drug-likeness (QED) is 0.295. The fourth-order valence-electron chi connectivity index (χ4n) is 6.20. The van der Waals surface area contributed by atoms with Crippen molar-refractivity contribution in [2.24, 2.45) is 13.0 Å². The molecule has 0 spiro atoms. The third kappa shape index (κ3) is 3.65. The third-order valence-electron chi connectivity index (χ3n) is 8.11. The van der Waals surface area contributed by atoms with E-state index in [9.17, 15) is 4.79 Å². The smallest absolute Gasteiger partial charge is 0.252 e. The van der Waals surface area contributed by atoms with Gasteiger partial charge in [-0.2, -0.15) is 9.49 Å². The average Bonchev–Trinajstić information content (AvgIpc) is 3.17. The maximum Gasteiger partial charge on any atom is 0.252 e. The zero-order chi connectivity index (χ0) is 28.2. The van der Waals surface area contributed by atoms with Gasteiger partial charge < -0.3 is 15.3 Å². The predicted octanol–water partition coefficient (Wildman–Crippen LogP) is 5.11. The molecule has 10 nitrogen and oxygen atoms in total. The second-order valence-corrected chi connectivity index (χ2v) is 11.3. The van der Waals surface area contributed by atoms with Crippen molar-refractivity contribution >= 4 is 39.9 Å². The summed E-state index contributed by atoms with van der Waals surface area (Å²) >= 11 is 12.4. The van der Waals surface area contributed by atoms with Crippen LogP contribution in [0.5, 0.6) is 0 Å². The fourth-order valence-corrected chi connectivity index (χ4v) is 6.50. The van der Waals surface area contributed by atoms with E-state index in [1.807, 2.05) is 18.2 Å². The van der Waals surface area contributed by atoms with E-state index in [2.05, 4.69) is 25.4 Å². The number of H-pyrrole nitrogens is 1.